The zero-order chi connectivity index (χ0) is 18.6. The summed E-state index contributed by atoms with van der Waals surface area (Å²) >= 11 is 0. The smallest absolute Gasteiger partial charge is 0.291 e. The van der Waals surface area contributed by atoms with Crippen molar-refractivity contribution < 1.29 is 14.0 Å². The highest BCUT2D eigenvalue weighted by Gasteiger charge is 2.30. The third kappa shape index (κ3) is 3.60. The van der Waals surface area contributed by atoms with Gasteiger partial charge >= 0.3 is 0 Å². The largest absolute Gasteiger partial charge is 0.459 e. The van der Waals surface area contributed by atoms with Crippen LogP contribution in [-0.4, -0.2) is 28.2 Å². The Kier molecular flexibility index (Phi) is 4.70. The number of carbonyl (C=O) groups excluding carboxylic acids is 2. The Bertz CT molecular complexity index is 921. The van der Waals surface area contributed by atoms with Gasteiger partial charge < -0.3 is 14.6 Å². The number of furan rings is 1. The fraction of sp³-hybridized carbons (Fsp3) is 0.190. The van der Waals surface area contributed by atoms with Crippen molar-refractivity contribution in [1.82, 2.24) is 9.88 Å². The Labute approximate surface area is 156 Å². The van der Waals surface area contributed by atoms with E-state index in [4.69, 9.17) is 4.42 Å². The lowest BCUT2D eigenvalue weighted by molar-refractivity contribution is 0.0735. The van der Waals surface area contributed by atoms with E-state index in [1.807, 2.05) is 23.2 Å². The number of nitrogens with one attached hydrogen (secondary N) is 1. The Morgan fingerprint density at radius 3 is 2.67 bits per heavy atom. The van der Waals surface area contributed by atoms with Crippen molar-refractivity contribution in [3.8, 4) is 0 Å². The lowest BCUT2D eigenvalue weighted by atomic mass is 10.1. The highest BCUT2D eigenvalue weighted by molar-refractivity contribution is 6.02. The van der Waals surface area contributed by atoms with Crippen molar-refractivity contribution in [2.75, 3.05) is 11.9 Å². The quantitative estimate of drug-likeness (QED) is 0.765. The van der Waals surface area contributed by atoms with Gasteiger partial charge in [0.1, 0.15) is 0 Å². The molecule has 0 radical (unpaired) electrons. The average molecular weight is 361 g/mol. The number of benzene rings is 1. The van der Waals surface area contributed by atoms with Crippen LogP contribution in [0.5, 0.6) is 0 Å². The number of hydrogen-bond donors (Lipinski definition) is 1. The first-order valence-corrected chi connectivity index (χ1v) is 8.88. The van der Waals surface area contributed by atoms with Crippen molar-refractivity contribution in [2.45, 2.75) is 18.9 Å². The summed E-state index contributed by atoms with van der Waals surface area (Å²) in [5.74, 6) is -0.0907. The van der Waals surface area contributed by atoms with E-state index in [9.17, 15) is 9.59 Å². The van der Waals surface area contributed by atoms with Crippen LogP contribution in [0.2, 0.25) is 0 Å². The minimum atomic E-state index is -0.324. The maximum absolute atomic E-state index is 13.0. The van der Waals surface area contributed by atoms with Gasteiger partial charge in [0.05, 0.1) is 12.3 Å². The van der Waals surface area contributed by atoms with Gasteiger partial charge in [-0.05, 0) is 60.9 Å². The zero-order valence-electron chi connectivity index (χ0n) is 14.7. The minimum absolute atomic E-state index is 0.00901. The summed E-state index contributed by atoms with van der Waals surface area (Å²) in [5, 5.41) is 2.75. The van der Waals surface area contributed by atoms with Crippen LogP contribution in [-0.2, 0) is 0 Å². The van der Waals surface area contributed by atoms with Crippen LogP contribution in [0.3, 0.4) is 0 Å². The topological polar surface area (TPSA) is 75.4 Å². The summed E-state index contributed by atoms with van der Waals surface area (Å²) in [4.78, 5) is 31.0. The summed E-state index contributed by atoms with van der Waals surface area (Å²) in [5.41, 5.74) is 2.27. The van der Waals surface area contributed by atoms with Crippen molar-refractivity contribution in [2.24, 2.45) is 0 Å². The van der Waals surface area contributed by atoms with Crippen LogP contribution < -0.4 is 5.32 Å². The molecule has 0 bridgehead atoms. The average Bonchev–Trinajstić information content (AvgIpc) is 3.41. The fourth-order valence-corrected chi connectivity index (χ4v) is 3.39. The van der Waals surface area contributed by atoms with Gasteiger partial charge in [0.15, 0.2) is 5.76 Å². The number of amides is 2. The summed E-state index contributed by atoms with van der Waals surface area (Å²) in [7, 11) is 0. The molecular weight excluding hydrogens is 342 g/mol. The molecule has 3 heterocycles. The summed E-state index contributed by atoms with van der Waals surface area (Å²) < 4.78 is 5.07. The SMILES string of the molecule is O=C(Nc1ccc(C(=O)N2CCCC2c2cccnc2)cc1)c1ccco1. The molecule has 1 atom stereocenters. The molecule has 2 amide bonds. The van der Waals surface area contributed by atoms with E-state index in [0.717, 1.165) is 24.9 Å². The monoisotopic (exact) mass is 361 g/mol. The van der Waals surface area contributed by atoms with Crippen LogP contribution in [0, 0.1) is 0 Å². The first-order valence-electron chi connectivity index (χ1n) is 8.88. The van der Waals surface area contributed by atoms with Crippen LogP contribution >= 0.6 is 0 Å². The Morgan fingerprint density at radius 1 is 1.11 bits per heavy atom. The third-order valence-electron chi connectivity index (χ3n) is 4.72. The van der Waals surface area contributed by atoms with Gasteiger partial charge in [-0.15, -0.1) is 0 Å². The molecule has 3 aromatic rings. The number of pyridine rings is 1. The summed E-state index contributed by atoms with van der Waals surface area (Å²) in [6, 6.07) is 14.1. The molecule has 136 valence electrons. The van der Waals surface area contributed by atoms with Crippen molar-refractivity contribution in [3.63, 3.8) is 0 Å². The lowest BCUT2D eigenvalue weighted by Crippen LogP contribution is -2.30. The third-order valence-corrected chi connectivity index (χ3v) is 4.72. The maximum atomic E-state index is 13.0. The molecule has 1 N–H and O–H groups in total. The highest BCUT2D eigenvalue weighted by atomic mass is 16.3. The van der Waals surface area contributed by atoms with Crippen LogP contribution in [0.25, 0.3) is 0 Å². The fourth-order valence-electron chi connectivity index (χ4n) is 3.39. The molecule has 1 saturated heterocycles. The van der Waals surface area contributed by atoms with Crippen LogP contribution in [0.4, 0.5) is 5.69 Å². The maximum Gasteiger partial charge on any atom is 0.291 e. The van der Waals surface area contributed by atoms with E-state index in [1.165, 1.54) is 6.26 Å². The molecule has 1 fully saturated rings. The molecule has 2 aromatic heterocycles. The van der Waals surface area contributed by atoms with Crippen molar-refractivity contribution in [3.05, 3.63) is 84.1 Å². The molecule has 1 aliphatic heterocycles. The number of rotatable bonds is 4. The Balaban J connectivity index is 1.47. The van der Waals surface area contributed by atoms with E-state index in [0.29, 0.717) is 11.3 Å². The van der Waals surface area contributed by atoms with Gasteiger partial charge in [0.25, 0.3) is 11.8 Å². The number of likely N-dealkylation sites (tertiary alicyclic amines) is 1. The van der Waals surface area contributed by atoms with E-state index in [1.54, 1.807) is 42.6 Å². The molecule has 27 heavy (non-hydrogen) atoms. The van der Waals surface area contributed by atoms with E-state index < -0.39 is 0 Å². The van der Waals surface area contributed by atoms with Crippen molar-refractivity contribution in [1.29, 1.82) is 0 Å². The first-order chi connectivity index (χ1) is 13.2. The molecule has 0 spiro atoms. The standard InChI is InChI=1S/C21H19N3O3/c25-20(19-6-3-13-27-19)23-17-9-7-15(8-10-17)21(26)24-12-2-5-18(24)16-4-1-11-22-14-16/h1,3-4,6-11,13-14,18H,2,5,12H2,(H,23,25). The van der Waals surface area contributed by atoms with E-state index in [2.05, 4.69) is 10.3 Å². The first kappa shape index (κ1) is 17.0. The zero-order valence-corrected chi connectivity index (χ0v) is 14.7. The highest BCUT2D eigenvalue weighted by Crippen LogP contribution is 2.32. The molecule has 0 saturated carbocycles. The second-order valence-electron chi connectivity index (χ2n) is 6.45. The molecule has 1 unspecified atom stereocenters. The van der Waals surface area contributed by atoms with Gasteiger partial charge in [0, 0.05) is 30.2 Å². The number of aromatic nitrogens is 1. The second-order valence-corrected chi connectivity index (χ2v) is 6.45. The normalized spacial score (nSPS) is 16.3. The number of hydrogen-bond acceptors (Lipinski definition) is 4. The van der Waals surface area contributed by atoms with Crippen molar-refractivity contribution >= 4 is 17.5 Å². The van der Waals surface area contributed by atoms with Gasteiger partial charge in [-0.3, -0.25) is 14.6 Å². The van der Waals surface area contributed by atoms with Gasteiger partial charge in [-0.25, -0.2) is 0 Å². The molecule has 0 aliphatic carbocycles. The molecule has 6 nitrogen and oxygen atoms in total. The second kappa shape index (κ2) is 7.45. The number of nitrogens with zero attached hydrogens (tertiary/aromatic N) is 2. The van der Waals surface area contributed by atoms with E-state index in [-0.39, 0.29) is 23.6 Å². The van der Waals surface area contributed by atoms with Gasteiger partial charge in [0.2, 0.25) is 0 Å². The van der Waals surface area contributed by atoms with Crippen LogP contribution in [0.15, 0.2) is 71.6 Å². The minimum Gasteiger partial charge on any atom is -0.459 e. The Morgan fingerprint density at radius 2 is 1.96 bits per heavy atom. The van der Waals surface area contributed by atoms with Crippen LogP contribution in [0.1, 0.15) is 45.4 Å². The molecule has 6 heteroatoms. The molecule has 1 aromatic carbocycles. The lowest BCUT2D eigenvalue weighted by Gasteiger charge is -2.25. The number of carbonyl (C=O) groups is 2. The molecular formula is C21H19N3O3. The predicted octanol–water partition coefficient (Wildman–Crippen LogP) is 3.90. The Hall–Kier alpha value is -3.41. The van der Waals surface area contributed by atoms with E-state index >= 15 is 0 Å². The predicted molar refractivity (Wildman–Crippen MR) is 100 cm³/mol. The van der Waals surface area contributed by atoms with Gasteiger partial charge in [-0.2, -0.15) is 0 Å². The molecule has 4 rings (SSSR count). The van der Waals surface area contributed by atoms with Gasteiger partial charge in [-0.1, -0.05) is 6.07 Å². The number of anilines is 1. The molecule has 1 aliphatic rings. The summed E-state index contributed by atoms with van der Waals surface area (Å²) in [6.45, 7) is 0.732. The summed E-state index contributed by atoms with van der Waals surface area (Å²) in [6.07, 6.45) is 6.92.